The number of halogens is 2. The number of benzene rings is 1. The highest BCUT2D eigenvalue weighted by molar-refractivity contribution is 5.98. The van der Waals surface area contributed by atoms with Gasteiger partial charge in [0.15, 0.2) is 5.78 Å². The normalized spacial score (nSPS) is 24.4. The monoisotopic (exact) mass is 269 g/mol. The SMILES string of the molecule is CC1(O)CCCN(CC(=O)c2c(F)cccc2F)C1. The van der Waals surface area contributed by atoms with Crippen LogP contribution < -0.4 is 0 Å². The van der Waals surface area contributed by atoms with E-state index in [-0.39, 0.29) is 6.54 Å². The first kappa shape index (κ1) is 14.1. The van der Waals surface area contributed by atoms with Gasteiger partial charge in [-0.3, -0.25) is 9.69 Å². The smallest absolute Gasteiger partial charge is 0.182 e. The molecule has 1 fully saturated rings. The third kappa shape index (κ3) is 3.36. The third-order valence-electron chi connectivity index (χ3n) is 3.36. The molecule has 1 N–H and O–H groups in total. The molecule has 1 aromatic carbocycles. The van der Waals surface area contributed by atoms with Crippen molar-refractivity contribution < 1.29 is 18.7 Å². The predicted octanol–water partition coefficient (Wildman–Crippen LogP) is 1.99. The summed E-state index contributed by atoms with van der Waals surface area (Å²) >= 11 is 0. The lowest BCUT2D eigenvalue weighted by Gasteiger charge is -2.36. The van der Waals surface area contributed by atoms with E-state index in [2.05, 4.69) is 0 Å². The Kier molecular flexibility index (Phi) is 3.96. The van der Waals surface area contributed by atoms with Gasteiger partial charge in [-0.15, -0.1) is 0 Å². The molecule has 1 heterocycles. The summed E-state index contributed by atoms with van der Waals surface area (Å²) in [5, 5.41) is 9.94. The van der Waals surface area contributed by atoms with E-state index in [9.17, 15) is 18.7 Å². The lowest BCUT2D eigenvalue weighted by molar-refractivity contribution is -0.0133. The molecule has 0 bridgehead atoms. The molecule has 1 saturated heterocycles. The second kappa shape index (κ2) is 5.35. The maximum atomic E-state index is 13.5. The van der Waals surface area contributed by atoms with Crippen molar-refractivity contribution in [1.29, 1.82) is 0 Å². The molecule has 2 rings (SSSR count). The number of aliphatic hydroxyl groups is 1. The minimum atomic E-state index is -0.841. The summed E-state index contributed by atoms with van der Waals surface area (Å²) in [5.41, 5.74) is -1.33. The molecule has 1 atom stereocenters. The molecule has 0 spiro atoms. The summed E-state index contributed by atoms with van der Waals surface area (Å²) in [6.45, 7) is 2.62. The average Bonchev–Trinajstić information content (AvgIpc) is 2.27. The molecule has 1 unspecified atom stereocenters. The number of piperidine rings is 1. The highest BCUT2D eigenvalue weighted by atomic mass is 19.1. The molecule has 19 heavy (non-hydrogen) atoms. The maximum Gasteiger partial charge on any atom is 0.182 e. The topological polar surface area (TPSA) is 40.5 Å². The van der Waals surface area contributed by atoms with Gasteiger partial charge in [0.2, 0.25) is 0 Å². The number of nitrogens with zero attached hydrogens (tertiary/aromatic N) is 1. The molecule has 1 aliphatic rings. The molecule has 104 valence electrons. The van der Waals surface area contributed by atoms with Crippen LogP contribution in [0.2, 0.25) is 0 Å². The quantitative estimate of drug-likeness (QED) is 0.853. The Hall–Kier alpha value is -1.33. The summed E-state index contributed by atoms with van der Waals surface area (Å²) in [7, 11) is 0. The van der Waals surface area contributed by atoms with Crippen LogP contribution in [0.5, 0.6) is 0 Å². The Morgan fingerprint density at radius 3 is 2.63 bits per heavy atom. The first-order valence-corrected chi connectivity index (χ1v) is 6.31. The van der Waals surface area contributed by atoms with E-state index in [4.69, 9.17) is 0 Å². The van der Waals surface area contributed by atoms with Crippen LogP contribution in [-0.2, 0) is 0 Å². The van der Waals surface area contributed by atoms with Gasteiger partial charge in [0, 0.05) is 6.54 Å². The van der Waals surface area contributed by atoms with Crippen LogP contribution in [0.15, 0.2) is 18.2 Å². The Balaban J connectivity index is 2.09. The Labute approximate surface area is 110 Å². The summed E-state index contributed by atoms with van der Waals surface area (Å²) in [5.74, 6) is -2.27. The molecule has 0 aromatic heterocycles. The van der Waals surface area contributed by atoms with E-state index < -0.39 is 28.6 Å². The van der Waals surface area contributed by atoms with Crippen molar-refractivity contribution in [1.82, 2.24) is 4.90 Å². The zero-order valence-corrected chi connectivity index (χ0v) is 10.8. The summed E-state index contributed by atoms with van der Waals surface area (Å²) in [4.78, 5) is 13.7. The van der Waals surface area contributed by atoms with Crippen LogP contribution in [-0.4, -0.2) is 41.0 Å². The first-order chi connectivity index (χ1) is 8.89. The van der Waals surface area contributed by atoms with Crippen molar-refractivity contribution in [3.05, 3.63) is 35.4 Å². The van der Waals surface area contributed by atoms with Crippen molar-refractivity contribution in [2.24, 2.45) is 0 Å². The number of Topliss-reactive ketones (excluding diaryl/α,β-unsaturated/α-hetero) is 1. The number of ketones is 1. The molecule has 3 nitrogen and oxygen atoms in total. The van der Waals surface area contributed by atoms with Crippen LogP contribution in [0.25, 0.3) is 0 Å². The second-order valence-corrected chi connectivity index (χ2v) is 5.33. The van der Waals surface area contributed by atoms with Crippen LogP contribution in [0, 0.1) is 11.6 Å². The Morgan fingerprint density at radius 2 is 2.05 bits per heavy atom. The van der Waals surface area contributed by atoms with Crippen LogP contribution in [0.4, 0.5) is 8.78 Å². The fourth-order valence-corrected chi connectivity index (χ4v) is 2.50. The number of hydrogen-bond donors (Lipinski definition) is 1. The molecule has 1 aromatic rings. The number of carbonyl (C=O) groups is 1. The largest absolute Gasteiger partial charge is 0.389 e. The summed E-state index contributed by atoms with van der Waals surface area (Å²) in [6, 6.07) is 3.37. The van der Waals surface area contributed by atoms with E-state index in [0.717, 1.165) is 18.6 Å². The second-order valence-electron chi connectivity index (χ2n) is 5.33. The highest BCUT2D eigenvalue weighted by Crippen LogP contribution is 2.21. The number of β-amino-alcohol motifs (C(OH)–C–C–N with tert-alkyl or cyclic N) is 1. The molecule has 1 aliphatic heterocycles. The van der Waals surface area contributed by atoms with Gasteiger partial charge in [-0.2, -0.15) is 0 Å². The molecule has 0 aliphatic carbocycles. The number of rotatable bonds is 3. The standard InChI is InChI=1S/C14H17F2NO2/c1-14(19)6-3-7-17(9-14)8-12(18)13-10(15)4-2-5-11(13)16/h2,4-5,19H,3,6-9H2,1H3. The van der Waals surface area contributed by atoms with Crippen LogP contribution in [0.3, 0.4) is 0 Å². The average molecular weight is 269 g/mol. The lowest BCUT2D eigenvalue weighted by Crippen LogP contribution is -2.47. The summed E-state index contributed by atoms with van der Waals surface area (Å²) in [6.07, 6.45) is 1.44. The third-order valence-corrected chi connectivity index (χ3v) is 3.36. The lowest BCUT2D eigenvalue weighted by atomic mass is 9.95. The molecule has 5 heteroatoms. The van der Waals surface area contributed by atoms with Gasteiger partial charge in [0.25, 0.3) is 0 Å². The fraction of sp³-hybridized carbons (Fsp3) is 0.500. The van der Waals surface area contributed by atoms with E-state index in [1.54, 1.807) is 11.8 Å². The van der Waals surface area contributed by atoms with Gasteiger partial charge in [-0.1, -0.05) is 6.07 Å². The van der Waals surface area contributed by atoms with Gasteiger partial charge in [-0.05, 0) is 38.4 Å². The van der Waals surface area contributed by atoms with Gasteiger partial charge in [0.1, 0.15) is 11.6 Å². The molecule has 0 saturated carbocycles. The zero-order valence-electron chi connectivity index (χ0n) is 10.8. The van der Waals surface area contributed by atoms with E-state index in [0.29, 0.717) is 19.5 Å². The van der Waals surface area contributed by atoms with Crippen LogP contribution >= 0.6 is 0 Å². The van der Waals surface area contributed by atoms with Crippen molar-refractivity contribution in [3.63, 3.8) is 0 Å². The number of carbonyl (C=O) groups excluding carboxylic acids is 1. The fourth-order valence-electron chi connectivity index (χ4n) is 2.50. The first-order valence-electron chi connectivity index (χ1n) is 6.31. The zero-order chi connectivity index (χ0) is 14.0. The number of hydrogen-bond acceptors (Lipinski definition) is 3. The Bertz CT molecular complexity index is 468. The Morgan fingerprint density at radius 1 is 1.42 bits per heavy atom. The van der Waals surface area contributed by atoms with Crippen LogP contribution in [0.1, 0.15) is 30.1 Å². The van der Waals surface area contributed by atoms with Crippen molar-refractivity contribution in [2.75, 3.05) is 19.6 Å². The van der Waals surface area contributed by atoms with E-state index in [1.807, 2.05) is 0 Å². The number of likely N-dealkylation sites (tertiary alicyclic amines) is 1. The van der Waals surface area contributed by atoms with Gasteiger partial charge < -0.3 is 5.11 Å². The predicted molar refractivity (Wildman–Crippen MR) is 67.0 cm³/mol. The van der Waals surface area contributed by atoms with E-state index in [1.165, 1.54) is 6.07 Å². The molecular formula is C14H17F2NO2. The van der Waals surface area contributed by atoms with E-state index >= 15 is 0 Å². The van der Waals surface area contributed by atoms with Crippen molar-refractivity contribution in [3.8, 4) is 0 Å². The van der Waals surface area contributed by atoms with Gasteiger partial charge in [0.05, 0.1) is 17.7 Å². The minimum Gasteiger partial charge on any atom is -0.389 e. The van der Waals surface area contributed by atoms with Crippen molar-refractivity contribution >= 4 is 5.78 Å². The molecule has 0 amide bonds. The highest BCUT2D eigenvalue weighted by Gasteiger charge is 2.30. The van der Waals surface area contributed by atoms with Crippen molar-refractivity contribution in [2.45, 2.75) is 25.4 Å². The van der Waals surface area contributed by atoms with Gasteiger partial charge >= 0.3 is 0 Å². The van der Waals surface area contributed by atoms with Gasteiger partial charge in [-0.25, -0.2) is 8.78 Å². The maximum absolute atomic E-state index is 13.5. The molecule has 0 radical (unpaired) electrons. The summed E-state index contributed by atoms with van der Waals surface area (Å²) < 4.78 is 27.0. The minimum absolute atomic E-state index is 0.0754. The molecular weight excluding hydrogens is 252 g/mol.